The lowest BCUT2D eigenvalue weighted by Crippen LogP contribution is -2.50. The number of carbonyl (C=O) groups is 1. The molecule has 0 unspecified atom stereocenters. The number of ketones is 1. The molecule has 0 radical (unpaired) electrons. The van der Waals surface area contributed by atoms with E-state index >= 15 is 0 Å². The lowest BCUT2D eigenvalue weighted by Gasteiger charge is -2.57. The lowest BCUT2D eigenvalue weighted by molar-refractivity contribution is -0.132. The van der Waals surface area contributed by atoms with E-state index in [1.54, 1.807) is 0 Å². The predicted octanol–water partition coefficient (Wildman–Crippen LogP) is 3.88. The summed E-state index contributed by atoms with van der Waals surface area (Å²) in [4.78, 5) is 12.4. The molecule has 0 saturated heterocycles. The second-order valence-electron chi connectivity index (χ2n) is 8.55. The molecule has 4 aliphatic carbocycles. The molecule has 4 rings (SSSR count). The van der Waals surface area contributed by atoms with Crippen molar-refractivity contribution in [3.8, 4) is 0 Å². The van der Waals surface area contributed by atoms with Gasteiger partial charge in [-0.05, 0) is 68.1 Å². The van der Waals surface area contributed by atoms with E-state index in [1.165, 1.54) is 18.4 Å². The normalized spacial score (nSPS) is 52.7. The number of aliphatic hydroxyl groups is 1. The highest BCUT2D eigenvalue weighted by Gasteiger charge is 2.58. The van der Waals surface area contributed by atoms with E-state index in [-0.39, 0.29) is 11.5 Å². The largest absolute Gasteiger partial charge is 0.389 e. The van der Waals surface area contributed by atoms with Crippen LogP contribution in [-0.4, -0.2) is 17.0 Å². The first-order chi connectivity index (χ1) is 9.95. The molecule has 2 nitrogen and oxygen atoms in total. The van der Waals surface area contributed by atoms with Crippen LogP contribution in [0.15, 0.2) is 11.6 Å². The quantitative estimate of drug-likeness (QED) is 0.687. The number of fused-ring (bicyclic) bond motifs is 5. The molecule has 4 aliphatic rings. The van der Waals surface area contributed by atoms with Gasteiger partial charge in [0, 0.05) is 11.8 Å². The van der Waals surface area contributed by atoms with Crippen LogP contribution in [0.25, 0.3) is 0 Å². The van der Waals surface area contributed by atoms with E-state index in [4.69, 9.17) is 0 Å². The van der Waals surface area contributed by atoms with Crippen molar-refractivity contribution in [2.75, 3.05) is 0 Å². The maximum absolute atomic E-state index is 12.4. The van der Waals surface area contributed by atoms with Gasteiger partial charge >= 0.3 is 0 Å². The first-order valence-corrected chi connectivity index (χ1v) is 8.88. The first kappa shape index (κ1) is 14.0. The van der Waals surface area contributed by atoms with Gasteiger partial charge in [0.1, 0.15) is 5.78 Å². The fraction of sp³-hybridized carbons (Fsp3) is 0.842. The molecule has 3 fully saturated rings. The van der Waals surface area contributed by atoms with Gasteiger partial charge in [0.05, 0.1) is 6.10 Å². The molecule has 0 aromatic heterocycles. The SMILES string of the molecule is C[C@]12CC[C@H](O)C=C1CC[C@H]1[C@H]2CC[C@]2(C)C(=O)CC[C@H]12. The van der Waals surface area contributed by atoms with Gasteiger partial charge in [-0.1, -0.05) is 25.5 Å². The molecule has 0 heterocycles. The van der Waals surface area contributed by atoms with Crippen LogP contribution in [0.1, 0.15) is 65.2 Å². The maximum Gasteiger partial charge on any atom is 0.139 e. The summed E-state index contributed by atoms with van der Waals surface area (Å²) >= 11 is 0. The predicted molar refractivity (Wildman–Crippen MR) is 82.7 cm³/mol. The second-order valence-corrected chi connectivity index (χ2v) is 8.55. The molecular weight excluding hydrogens is 260 g/mol. The van der Waals surface area contributed by atoms with Crippen molar-refractivity contribution in [1.82, 2.24) is 0 Å². The Labute approximate surface area is 128 Å². The van der Waals surface area contributed by atoms with E-state index in [2.05, 4.69) is 19.9 Å². The van der Waals surface area contributed by atoms with Crippen LogP contribution in [-0.2, 0) is 4.79 Å². The molecule has 116 valence electrons. The third-order valence-corrected chi connectivity index (χ3v) is 7.80. The maximum atomic E-state index is 12.4. The van der Waals surface area contributed by atoms with E-state index in [0.29, 0.717) is 17.1 Å². The third-order valence-electron chi connectivity index (χ3n) is 7.80. The number of allylic oxidation sites excluding steroid dienone is 1. The molecule has 0 aromatic carbocycles. The van der Waals surface area contributed by atoms with Crippen molar-refractivity contribution in [3.63, 3.8) is 0 Å². The number of Topliss-reactive ketones (excluding diaryl/α,β-unsaturated/α-hetero) is 1. The molecule has 0 amide bonds. The van der Waals surface area contributed by atoms with Crippen molar-refractivity contribution in [2.24, 2.45) is 28.6 Å². The van der Waals surface area contributed by atoms with Crippen LogP contribution in [0, 0.1) is 28.6 Å². The van der Waals surface area contributed by atoms with E-state index in [1.807, 2.05) is 0 Å². The zero-order valence-corrected chi connectivity index (χ0v) is 13.4. The van der Waals surface area contributed by atoms with E-state index in [9.17, 15) is 9.90 Å². The number of carbonyl (C=O) groups excluding carboxylic acids is 1. The van der Waals surface area contributed by atoms with Crippen LogP contribution in [0.2, 0.25) is 0 Å². The standard InChI is InChI=1S/C19H28O2/c1-18-9-7-13(20)11-12(18)3-4-14-15-5-6-17(21)19(15,2)10-8-16(14)18/h11,13-16,20H,3-10H2,1-2H3/t13-,14+,15+,16+,18-,19-/m0/s1. The summed E-state index contributed by atoms with van der Waals surface area (Å²) in [5.74, 6) is 2.66. The Hall–Kier alpha value is -0.630. The Morgan fingerprint density at radius 2 is 1.71 bits per heavy atom. The highest BCUT2D eigenvalue weighted by molar-refractivity contribution is 5.87. The summed E-state index contributed by atoms with van der Waals surface area (Å²) in [5.41, 5.74) is 1.82. The molecule has 0 aliphatic heterocycles. The zero-order chi connectivity index (χ0) is 14.8. The monoisotopic (exact) mass is 288 g/mol. The average molecular weight is 288 g/mol. The van der Waals surface area contributed by atoms with Crippen molar-refractivity contribution >= 4 is 5.78 Å². The van der Waals surface area contributed by atoms with Crippen molar-refractivity contribution < 1.29 is 9.90 Å². The Balaban J connectivity index is 1.69. The van der Waals surface area contributed by atoms with Crippen LogP contribution < -0.4 is 0 Å². The minimum absolute atomic E-state index is 0.00702. The fourth-order valence-electron chi connectivity index (χ4n) is 6.48. The Morgan fingerprint density at radius 1 is 1.00 bits per heavy atom. The van der Waals surface area contributed by atoms with Gasteiger partial charge in [0.25, 0.3) is 0 Å². The third kappa shape index (κ3) is 1.78. The van der Waals surface area contributed by atoms with Gasteiger partial charge < -0.3 is 5.11 Å². The van der Waals surface area contributed by atoms with Gasteiger partial charge in [0.15, 0.2) is 0 Å². The number of rotatable bonds is 0. The van der Waals surface area contributed by atoms with Crippen LogP contribution in [0.4, 0.5) is 0 Å². The average Bonchev–Trinajstić information content (AvgIpc) is 2.76. The molecule has 3 saturated carbocycles. The summed E-state index contributed by atoms with van der Waals surface area (Å²) in [7, 11) is 0. The molecule has 6 atom stereocenters. The fourth-order valence-corrected chi connectivity index (χ4v) is 6.48. The molecule has 2 heteroatoms. The summed E-state index contributed by atoms with van der Waals surface area (Å²) in [5, 5.41) is 9.96. The van der Waals surface area contributed by atoms with Gasteiger partial charge in [-0.2, -0.15) is 0 Å². The van der Waals surface area contributed by atoms with Crippen molar-refractivity contribution in [3.05, 3.63) is 11.6 Å². The summed E-state index contributed by atoms with van der Waals surface area (Å²) < 4.78 is 0. The van der Waals surface area contributed by atoms with Crippen LogP contribution in [0.5, 0.6) is 0 Å². The van der Waals surface area contributed by atoms with Crippen molar-refractivity contribution in [2.45, 2.75) is 71.3 Å². The second kappa shape index (κ2) is 4.44. The van der Waals surface area contributed by atoms with E-state index in [0.717, 1.165) is 50.4 Å². The minimum atomic E-state index is -0.216. The minimum Gasteiger partial charge on any atom is -0.389 e. The molecule has 0 bridgehead atoms. The smallest absolute Gasteiger partial charge is 0.139 e. The van der Waals surface area contributed by atoms with Gasteiger partial charge in [-0.25, -0.2) is 0 Å². The van der Waals surface area contributed by atoms with Gasteiger partial charge in [0.2, 0.25) is 0 Å². The number of hydrogen-bond donors (Lipinski definition) is 1. The lowest BCUT2D eigenvalue weighted by atomic mass is 9.47. The molecule has 1 N–H and O–H groups in total. The molecule has 0 spiro atoms. The molecular formula is C19H28O2. The Bertz CT molecular complexity index is 508. The molecule has 0 aromatic rings. The Morgan fingerprint density at radius 3 is 2.52 bits per heavy atom. The first-order valence-electron chi connectivity index (χ1n) is 8.88. The summed E-state index contributed by atoms with van der Waals surface area (Å²) in [6, 6.07) is 0. The van der Waals surface area contributed by atoms with Gasteiger partial charge in [-0.3, -0.25) is 4.79 Å². The van der Waals surface area contributed by atoms with E-state index < -0.39 is 0 Å². The number of aliphatic hydroxyl groups excluding tert-OH is 1. The highest BCUT2D eigenvalue weighted by atomic mass is 16.3. The highest BCUT2D eigenvalue weighted by Crippen LogP contribution is 2.64. The van der Waals surface area contributed by atoms with Crippen LogP contribution >= 0.6 is 0 Å². The van der Waals surface area contributed by atoms with Crippen LogP contribution in [0.3, 0.4) is 0 Å². The zero-order valence-electron chi connectivity index (χ0n) is 13.4. The summed E-state index contributed by atoms with van der Waals surface area (Å²) in [6.45, 7) is 4.70. The molecule has 21 heavy (non-hydrogen) atoms. The summed E-state index contributed by atoms with van der Waals surface area (Å²) in [6.07, 6.45) is 10.7. The number of hydrogen-bond acceptors (Lipinski definition) is 2. The van der Waals surface area contributed by atoms with Crippen molar-refractivity contribution in [1.29, 1.82) is 0 Å². The Kier molecular flexibility index (Phi) is 2.96. The van der Waals surface area contributed by atoms with Gasteiger partial charge in [-0.15, -0.1) is 0 Å². The topological polar surface area (TPSA) is 37.3 Å².